The largest absolute Gasteiger partial charge is 0.497 e. The van der Waals surface area contributed by atoms with Crippen molar-refractivity contribution in [2.45, 2.75) is 39.5 Å². The molecule has 3 rings (SSSR count). The number of aryl methyl sites for hydroxylation is 2. The summed E-state index contributed by atoms with van der Waals surface area (Å²) in [5.41, 5.74) is 2.50. The molecule has 1 aromatic heterocycles. The van der Waals surface area contributed by atoms with Crippen molar-refractivity contribution in [2.24, 2.45) is 5.92 Å². The molecule has 6 heteroatoms. The van der Waals surface area contributed by atoms with Gasteiger partial charge in [-0.1, -0.05) is 12.1 Å². The maximum Gasteiger partial charge on any atom is 0.277 e. The van der Waals surface area contributed by atoms with Gasteiger partial charge in [-0.25, -0.2) is 5.10 Å². The molecule has 0 radical (unpaired) electrons. The van der Waals surface area contributed by atoms with Crippen molar-refractivity contribution in [2.75, 3.05) is 20.2 Å². The van der Waals surface area contributed by atoms with Crippen LogP contribution in [0.25, 0.3) is 0 Å². The maximum absolute atomic E-state index is 12.8. The number of likely N-dealkylation sites (tertiary alicyclic amines) is 1. The Labute approximate surface area is 159 Å². The summed E-state index contributed by atoms with van der Waals surface area (Å²) < 4.78 is 5.19. The highest BCUT2D eigenvalue weighted by Gasteiger charge is 2.26. The minimum absolute atomic E-state index is 0.173. The molecule has 0 bridgehead atoms. The van der Waals surface area contributed by atoms with E-state index in [0.717, 1.165) is 31.4 Å². The van der Waals surface area contributed by atoms with Crippen LogP contribution in [0.1, 0.15) is 46.4 Å². The summed E-state index contributed by atoms with van der Waals surface area (Å²) in [6.07, 6.45) is 4.10. The zero-order chi connectivity index (χ0) is 19.4. The number of aromatic amines is 1. The number of hydrogen-bond donors (Lipinski definition) is 1. The number of hydrogen-bond acceptors (Lipinski definition) is 4. The van der Waals surface area contributed by atoms with Crippen molar-refractivity contribution in [3.8, 4) is 5.75 Å². The van der Waals surface area contributed by atoms with Crippen molar-refractivity contribution >= 4 is 5.91 Å². The molecule has 6 nitrogen and oxygen atoms in total. The van der Waals surface area contributed by atoms with Gasteiger partial charge in [-0.15, -0.1) is 0 Å². The van der Waals surface area contributed by atoms with Crippen molar-refractivity contribution in [3.05, 3.63) is 57.0 Å². The standard InChI is InChI=1S/C21H27N3O3/c1-14-15(2)22-23-20(25)19(14)21(26)24-12-10-17(11-13-24)5-4-16-6-8-18(27-3)9-7-16/h6-9,17H,4-5,10-13H2,1-3H3,(H,23,25). The molecule has 0 atom stereocenters. The number of carbonyl (C=O) groups excluding carboxylic acids is 1. The van der Waals surface area contributed by atoms with Gasteiger partial charge in [0.2, 0.25) is 0 Å². The lowest BCUT2D eigenvalue weighted by atomic mass is 9.90. The van der Waals surface area contributed by atoms with Crippen molar-refractivity contribution in [1.82, 2.24) is 15.1 Å². The molecule has 1 aromatic carbocycles. The molecule has 1 saturated heterocycles. The first kappa shape index (κ1) is 19.1. The summed E-state index contributed by atoms with van der Waals surface area (Å²) in [4.78, 5) is 26.7. The number of rotatable bonds is 5. The van der Waals surface area contributed by atoms with E-state index >= 15 is 0 Å². The van der Waals surface area contributed by atoms with Crippen molar-refractivity contribution in [3.63, 3.8) is 0 Å². The third-order valence-electron chi connectivity index (χ3n) is 5.59. The van der Waals surface area contributed by atoms with E-state index in [0.29, 0.717) is 30.3 Å². The van der Waals surface area contributed by atoms with Gasteiger partial charge in [0, 0.05) is 13.1 Å². The number of piperidine rings is 1. The first-order valence-corrected chi connectivity index (χ1v) is 9.47. The number of carbonyl (C=O) groups is 1. The average Bonchev–Trinajstić information content (AvgIpc) is 2.70. The topological polar surface area (TPSA) is 75.3 Å². The molecule has 0 saturated carbocycles. The highest BCUT2D eigenvalue weighted by Crippen LogP contribution is 2.24. The number of methoxy groups -OCH3 is 1. The Kier molecular flexibility index (Phi) is 5.94. The molecule has 27 heavy (non-hydrogen) atoms. The summed E-state index contributed by atoms with van der Waals surface area (Å²) in [5.74, 6) is 1.31. The van der Waals surface area contributed by atoms with Crippen LogP contribution in [0.4, 0.5) is 0 Å². The second-order valence-electron chi connectivity index (χ2n) is 7.26. The van der Waals surface area contributed by atoms with E-state index < -0.39 is 5.56 Å². The Balaban J connectivity index is 1.55. The van der Waals surface area contributed by atoms with Crippen LogP contribution in [0, 0.1) is 19.8 Å². The van der Waals surface area contributed by atoms with Gasteiger partial charge >= 0.3 is 0 Å². The molecule has 0 aliphatic carbocycles. The third-order valence-corrected chi connectivity index (χ3v) is 5.59. The molecular formula is C21H27N3O3. The number of benzene rings is 1. The highest BCUT2D eigenvalue weighted by atomic mass is 16.5. The molecule has 0 unspecified atom stereocenters. The van der Waals surface area contributed by atoms with E-state index in [1.165, 1.54) is 5.56 Å². The molecule has 144 valence electrons. The van der Waals surface area contributed by atoms with E-state index in [4.69, 9.17) is 4.74 Å². The average molecular weight is 369 g/mol. The molecule has 1 aliphatic rings. The van der Waals surface area contributed by atoms with Gasteiger partial charge in [-0.05, 0) is 68.7 Å². The van der Waals surface area contributed by atoms with Gasteiger partial charge in [0.05, 0.1) is 12.8 Å². The number of H-pyrrole nitrogens is 1. The van der Waals surface area contributed by atoms with E-state index in [-0.39, 0.29) is 11.5 Å². The van der Waals surface area contributed by atoms with Crippen LogP contribution in [0.5, 0.6) is 5.75 Å². The highest BCUT2D eigenvalue weighted by molar-refractivity contribution is 5.95. The lowest BCUT2D eigenvalue weighted by molar-refractivity contribution is 0.0684. The van der Waals surface area contributed by atoms with Crippen LogP contribution in [0.15, 0.2) is 29.1 Å². The number of nitrogens with one attached hydrogen (secondary N) is 1. The Hall–Kier alpha value is -2.63. The zero-order valence-electron chi connectivity index (χ0n) is 16.2. The van der Waals surface area contributed by atoms with E-state index in [1.54, 1.807) is 25.9 Å². The van der Waals surface area contributed by atoms with Gasteiger partial charge in [-0.2, -0.15) is 5.10 Å². The summed E-state index contributed by atoms with van der Waals surface area (Å²) in [5, 5.41) is 6.35. The summed E-state index contributed by atoms with van der Waals surface area (Å²) in [7, 11) is 1.67. The molecule has 1 amide bonds. The van der Waals surface area contributed by atoms with Gasteiger partial charge in [0.15, 0.2) is 0 Å². The predicted octanol–water partition coefficient (Wildman–Crippen LogP) is 2.88. The number of amides is 1. The Morgan fingerprint density at radius 2 is 1.89 bits per heavy atom. The second-order valence-corrected chi connectivity index (χ2v) is 7.26. The monoisotopic (exact) mass is 369 g/mol. The molecule has 1 aliphatic heterocycles. The first-order chi connectivity index (χ1) is 13.0. The van der Waals surface area contributed by atoms with Crippen molar-refractivity contribution in [1.29, 1.82) is 0 Å². The zero-order valence-corrected chi connectivity index (χ0v) is 16.2. The smallest absolute Gasteiger partial charge is 0.277 e. The fraction of sp³-hybridized carbons (Fsp3) is 0.476. The van der Waals surface area contributed by atoms with Crippen LogP contribution in [-0.4, -0.2) is 41.2 Å². The molecular weight excluding hydrogens is 342 g/mol. The SMILES string of the molecule is COc1ccc(CCC2CCN(C(=O)c3c(C)c(C)n[nH]c3=O)CC2)cc1. The van der Waals surface area contributed by atoms with Gasteiger partial charge < -0.3 is 9.64 Å². The third kappa shape index (κ3) is 4.38. The lowest BCUT2D eigenvalue weighted by Gasteiger charge is -2.32. The Morgan fingerprint density at radius 3 is 2.52 bits per heavy atom. The fourth-order valence-electron chi connectivity index (χ4n) is 3.63. The minimum atomic E-state index is -0.398. The minimum Gasteiger partial charge on any atom is -0.497 e. The van der Waals surface area contributed by atoms with Crippen LogP contribution in [0.3, 0.4) is 0 Å². The molecule has 1 fully saturated rings. The van der Waals surface area contributed by atoms with E-state index in [1.807, 2.05) is 12.1 Å². The van der Waals surface area contributed by atoms with Crippen LogP contribution >= 0.6 is 0 Å². The van der Waals surface area contributed by atoms with E-state index in [2.05, 4.69) is 22.3 Å². The maximum atomic E-state index is 12.8. The summed E-state index contributed by atoms with van der Waals surface area (Å²) in [6, 6.07) is 8.21. The molecule has 1 N–H and O–H groups in total. The quantitative estimate of drug-likeness (QED) is 0.879. The van der Waals surface area contributed by atoms with Gasteiger partial charge in [0.1, 0.15) is 11.3 Å². The van der Waals surface area contributed by atoms with E-state index in [9.17, 15) is 9.59 Å². The molecule has 2 aromatic rings. The molecule has 0 spiro atoms. The van der Waals surface area contributed by atoms with Crippen molar-refractivity contribution < 1.29 is 9.53 Å². The number of ether oxygens (including phenoxy) is 1. The van der Waals surface area contributed by atoms with Gasteiger partial charge in [0.25, 0.3) is 11.5 Å². The summed E-state index contributed by atoms with van der Waals surface area (Å²) >= 11 is 0. The van der Waals surface area contributed by atoms with Crippen LogP contribution in [-0.2, 0) is 6.42 Å². The number of aromatic nitrogens is 2. The van der Waals surface area contributed by atoms with Gasteiger partial charge in [-0.3, -0.25) is 9.59 Å². The lowest BCUT2D eigenvalue weighted by Crippen LogP contribution is -2.41. The second kappa shape index (κ2) is 8.37. The Morgan fingerprint density at radius 1 is 1.22 bits per heavy atom. The molecule has 2 heterocycles. The van der Waals surface area contributed by atoms with Crippen LogP contribution < -0.4 is 10.3 Å². The Bertz CT molecular complexity index is 850. The fourth-order valence-corrected chi connectivity index (χ4v) is 3.63. The normalized spacial score (nSPS) is 15.0. The number of nitrogens with zero attached hydrogens (tertiary/aromatic N) is 2. The first-order valence-electron chi connectivity index (χ1n) is 9.47. The predicted molar refractivity (Wildman–Crippen MR) is 104 cm³/mol. The summed E-state index contributed by atoms with van der Waals surface area (Å²) in [6.45, 7) is 4.98. The van der Waals surface area contributed by atoms with Crippen LogP contribution in [0.2, 0.25) is 0 Å².